The van der Waals surface area contributed by atoms with E-state index in [1.165, 1.54) is 24.8 Å². The predicted octanol–water partition coefficient (Wildman–Crippen LogP) is 3.43. The molecule has 1 N–H and O–H groups in total. The van der Waals surface area contributed by atoms with Gasteiger partial charge in [0.05, 0.1) is 0 Å². The lowest BCUT2D eigenvalue weighted by atomic mass is 9.88. The van der Waals surface area contributed by atoms with E-state index in [0.717, 1.165) is 23.8 Å². The largest absolute Gasteiger partial charge is 0.356 e. The van der Waals surface area contributed by atoms with E-state index in [1.54, 1.807) is 0 Å². The van der Waals surface area contributed by atoms with Crippen molar-refractivity contribution < 1.29 is 4.79 Å². The van der Waals surface area contributed by atoms with Crippen molar-refractivity contribution in [3.8, 4) is 0 Å². The molecular weight excluding hydrogens is 258 g/mol. The molecular formula is C16H20ClNO. The highest BCUT2D eigenvalue weighted by molar-refractivity contribution is 6.30. The molecule has 2 saturated carbocycles. The average molecular weight is 278 g/mol. The molecule has 0 saturated heterocycles. The van der Waals surface area contributed by atoms with Crippen LogP contribution in [-0.4, -0.2) is 12.5 Å². The fourth-order valence-electron chi connectivity index (χ4n) is 3.72. The highest BCUT2D eigenvalue weighted by Gasteiger charge is 2.42. The number of carbonyl (C=O) groups excluding carboxylic acids is 1. The van der Waals surface area contributed by atoms with Crippen molar-refractivity contribution >= 4 is 17.5 Å². The lowest BCUT2D eigenvalue weighted by molar-refractivity contribution is -0.126. The summed E-state index contributed by atoms with van der Waals surface area (Å²) in [5, 5.41) is 3.86. The Morgan fingerprint density at radius 2 is 2.21 bits per heavy atom. The summed E-state index contributed by atoms with van der Waals surface area (Å²) in [5.41, 5.74) is 1.18. The van der Waals surface area contributed by atoms with Crippen molar-refractivity contribution in [2.75, 3.05) is 6.54 Å². The molecule has 0 spiro atoms. The number of hydrogen-bond donors (Lipinski definition) is 1. The van der Waals surface area contributed by atoms with Gasteiger partial charge in [-0.2, -0.15) is 0 Å². The molecule has 0 unspecified atom stereocenters. The summed E-state index contributed by atoms with van der Waals surface area (Å²) < 4.78 is 0. The number of benzene rings is 1. The Balaban J connectivity index is 1.46. The summed E-state index contributed by atoms with van der Waals surface area (Å²) in [5.74, 6) is 2.05. The van der Waals surface area contributed by atoms with Gasteiger partial charge in [-0.05, 0) is 55.2 Å². The van der Waals surface area contributed by atoms with Crippen molar-refractivity contribution in [2.24, 2.45) is 17.8 Å². The SMILES string of the molecule is O=C(NCCc1cccc(Cl)c1)[C@H]1C[C@H]2CC[C@@H]1C2. The summed E-state index contributed by atoms with van der Waals surface area (Å²) in [6.07, 6.45) is 5.86. The molecule has 3 atom stereocenters. The molecule has 2 aliphatic carbocycles. The maximum absolute atomic E-state index is 12.2. The maximum Gasteiger partial charge on any atom is 0.223 e. The van der Waals surface area contributed by atoms with Crippen LogP contribution in [0.15, 0.2) is 24.3 Å². The van der Waals surface area contributed by atoms with Crippen LogP contribution in [0.4, 0.5) is 0 Å². The van der Waals surface area contributed by atoms with Gasteiger partial charge in [0.2, 0.25) is 5.91 Å². The van der Waals surface area contributed by atoms with E-state index in [1.807, 2.05) is 18.2 Å². The third-order valence-corrected chi connectivity index (χ3v) is 4.91. The van der Waals surface area contributed by atoms with E-state index in [9.17, 15) is 4.79 Å². The standard InChI is InChI=1S/C16H20ClNO/c17-14-3-1-2-11(9-14)6-7-18-16(19)15-10-12-4-5-13(15)8-12/h1-3,9,12-13,15H,4-8,10H2,(H,18,19)/t12-,13+,15-/m0/s1. The molecule has 3 heteroatoms. The first-order valence-corrected chi connectivity index (χ1v) is 7.62. The average Bonchev–Trinajstić information content (AvgIpc) is 3.01. The molecule has 102 valence electrons. The van der Waals surface area contributed by atoms with Crippen LogP contribution in [-0.2, 0) is 11.2 Å². The van der Waals surface area contributed by atoms with Crippen molar-refractivity contribution in [2.45, 2.75) is 32.1 Å². The zero-order valence-corrected chi connectivity index (χ0v) is 11.8. The van der Waals surface area contributed by atoms with Crippen LogP contribution in [0.5, 0.6) is 0 Å². The van der Waals surface area contributed by atoms with Crippen molar-refractivity contribution in [3.63, 3.8) is 0 Å². The first-order chi connectivity index (χ1) is 9.22. The van der Waals surface area contributed by atoms with E-state index in [2.05, 4.69) is 11.4 Å². The van der Waals surface area contributed by atoms with Gasteiger partial charge in [0.15, 0.2) is 0 Å². The molecule has 0 radical (unpaired) electrons. The first-order valence-electron chi connectivity index (χ1n) is 7.24. The van der Waals surface area contributed by atoms with Crippen molar-refractivity contribution in [3.05, 3.63) is 34.9 Å². The molecule has 1 aromatic rings. The van der Waals surface area contributed by atoms with Gasteiger partial charge < -0.3 is 5.32 Å². The van der Waals surface area contributed by atoms with E-state index in [4.69, 9.17) is 11.6 Å². The summed E-state index contributed by atoms with van der Waals surface area (Å²) in [7, 11) is 0. The molecule has 19 heavy (non-hydrogen) atoms. The quantitative estimate of drug-likeness (QED) is 0.897. The van der Waals surface area contributed by atoms with Crippen LogP contribution in [0, 0.1) is 17.8 Å². The molecule has 1 aromatic carbocycles. The Bertz CT molecular complexity index is 474. The number of halogens is 1. The highest BCUT2D eigenvalue weighted by atomic mass is 35.5. The molecule has 2 fully saturated rings. The smallest absolute Gasteiger partial charge is 0.223 e. The van der Waals surface area contributed by atoms with E-state index in [-0.39, 0.29) is 11.8 Å². The summed E-state index contributed by atoms with van der Waals surface area (Å²) in [6.45, 7) is 0.715. The topological polar surface area (TPSA) is 29.1 Å². The Morgan fingerprint density at radius 1 is 1.32 bits per heavy atom. The van der Waals surface area contributed by atoms with Crippen LogP contribution < -0.4 is 5.32 Å². The Labute approximate surface area is 119 Å². The molecule has 2 bridgehead atoms. The van der Waals surface area contributed by atoms with E-state index >= 15 is 0 Å². The molecule has 3 rings (SSSR count). The van der Waals surface area contributed by atoms with Crippen molar-refractivity contribution in [1.29, 1.82) is 0 Å². The Morgan fingerprint density at radius 3 is 2.89 bits per heavy atom. The molecule has 0 heterocycles. The van der Waals surface area contributed by atoms with Crippen molar-refractivity contribution in [1.82, 2.24) is 5.32 Å². The Kier molecular flexibility index (Phi) is 3.79. The van der Waals surface area contributed by atoms with Crippen LogP contribution in [0.2, 0.25) is 5.02 Å². The van der Waals surface area contributed by atoms with Gasteiger partial charge in [-0.3, -0.25) is 4.79 Å². The first kappa shape index (κ1) is 13.0. The van der Waals surface area contributed by atoms with Gasteiger partial charge >= 0.3 is 0 Å². The fraction of sp³-hybridized carbons (Fsp3) is 0.562. The minimum Gasteiger partial charge on any atom is -0.356 e. The minimum atomic E-state index is 0.272. The molecule has 0 aromatic heterocycles. The number of carbonyl (C=O) groups is 1. The third-order valence-electron chi connectivity index (χ3n) is 4.68. The number of fused-ring (bicyclic) bond motifs is 2. The summed E-state index contributed by atoms with van der Waals surface area (Å²) >= 11 is 5.95. The second kappa shape index (κ2) is 5.54. The van der Waals surface area contributed by atoms with E-state index in [0.29, 0.717) is 12.5 Å². The van der Waals surface area contributed by atoms with Gasteiger partial charge in [0.1, 0.15) is 0 Å². The van der Waals surface area contributed by atoms with Crippen LogP contribution in [0.1, 0.15) is 31.2 Å². The monoisotopic (exact) mass is 277 g/mol. The number of hydrogen-bond acceptors (Lipinski definition) is 1. The van der Waals surface area contributed by atoms with Gasteiger partial charge in [-0.1, -0.05) is 30.2 Å². The normalized spacial score (nSPS) is 28.6. The van der Waals surface area contributed by atoms with Gasteiger partial charge in [0, 0.05) is 17.5 Å². The molecule has 0 aliphatic heterocycles. The lowest BCUT2D eigenvalue weighted by Crippen LogP contribution is -2.34. The number of nitrogens with one attached hydrogen (secondary N) is 1. The second-order valence-electron chi connectivity index (χ2n) is 5.95. The summed E-state index contributed by atoms with van der Waals surface area (Å²) in [6, 6.07) is 7.84. The van der Waals surface area contributed by atoms with Crippen LogP contribution >= 0.6 is 11.6 Å². The molecule has 2 aliphatic rings. The highest BCUT2D eigenvalue weighted by Crippen LogP contribution is 2.48. The number of amides is 1. The van der Waals surface area contributed by atoms with Gasteiger partial charge in [-0.25, -0.2) is 0 Å². The van der Waals surface area contributed by atoms with Crippen LogP contribution in [0.25, 0.3) is 0 Å². The van der Waals surface area contributed by atoms with Gasteiger partial charge in [0.25, 0.3) is 0 Å². The zero-order valence-electron chi connectivity index (χ0n) is 11.1. The fourth-order valence-corrected chi connectivity index (χ4v) is 3.93. The van der Waals surface area contributed by atoms with Crippen LogP contribution in [0.3, 0.4) is 0 Å². The Hall–Kier alpha value is -1.02. The zero-order chi connectivity index (χ0) is 13.2. The third kappa shape index (κ3) is 2.94. The maximum atomic E-state index is 12.2. The molecule has 2 nitrogen and oxygen atoms in total. The summed E-state index contributed by atoms with van der Waals surface area (Å²) in [4.78, 5) is 12.2. The minimum absolute atomic E-state index is 0.272. The predicted molar refractivity (Wildman–Crippen MR) is 77.1 cm³/mol. The van der Waals surface area contributed by atoms with Gasteiger partial charge in [-0.15, -0.1) is 0 Å². The number of rotatable bonds is 4. The second-order valence-corrected chi connectivity index (χ2v) is 6.39. The molecule has 1 amide bonds. The van der Waals surface area contributed by atoms with E-state index < -0.39 is 0 Å². The lowest BCUT2D eigenvalue weighted by Gasteiger charge is -2.20.